The Labute approximate surface area is 199 Å². The highest BCUT2D eigenvalue weighted by Crippen LogP contribution is 2.38. The van der Waals surface area contributed by atoms with E-state index in [1.807, 2.05) is 30.3 Å². The van der Waals surface area contributed by atoms with Crippen LogP contribution in [0.25, 0.3) is 0 Å². The van der Waals surface area contributed by atoms with Crippen LogP contribution in [0.5, 0.6) is 0 Å². The summed E-state index contributed by atoms with van der Waals surface area (Å²) in [6, 6.07) is 10.8. The number of rotatable bonds is 8. The zero-order valence-electron chi connectivity index (χ0n) is 19.0. The highest BCUT2D eigenvalue weighted by Gasteiger charge is 2.38. The Morgan fingerprint density at radius 3 is 2.06 bits per heavy atom. The molecular weight excluding hydrogens is 478 g/mol. The van der Waals surface area contributed by atoms with E-state index >= 15 is 0 Å². The molecule has 0 aromatic heterocycles. The fourth-order valence-electron chi connectivity index (χ4n) is 4.16. The summed E-state index contributed by atoms with van der Waals surface area (Å²) in [4.78, 5) is 11.8. The van der Waals surface area contributed by atoms with Gasteiger partial charge >= 0.3 is 12.4 Å². The summed E-state index contributed by atoms with van der Waals surface area (Å²) < 4.78 is 89.5. The molecule has 2 aromatic rings. The summed E-state index contributed by atoms with van der Waals surface area (Å²) in [5.74, 6) is -0.291. The van der Waals surface area contributed by atoms with E-state index in [2.05, 4.69) is 5.43 Å². The quantitative estimate of drug-likeness (QED) is 0.517. The molecule has 1 saturated heterocycles. The third-order valence-electron chi connectivity index (χ3n) is 5.96. The number of alkyl halides is 6. The second-order valence-electron chi connectivity index (χ2n) is 8.51. The number of piperidine rings is 1. The maximum Gasteiger partial charge on any atom is 0.416 e. The highest BCUT2D eigenvalue weighted by atomic mass is 19.4. The molecule has 35 heavy (non-hydrogen) atoms. The van der Waals surface area contributed by atoms with Crippen molar-refractivity contribution in [2.75, 3.05) is 33.4 Å². The van der Waals surface area contributed by atoms with Gasteiger partial charge in [0, 0.05) is 25.6 Å². The molecule has 1 heterocycles. The molecule has 0 unspecified atom stereocenters. The molecule has 0 saturated carbocycles. The lowest BCUT2D eigenvalue weighted by Crippen LogP contribution is -2.52. The van der Waals surface area contributed by atoms with Crippen molar-refractivity contribution in [2.45, 2.75) is 37.2 Å². The van der Waals surface area contributed by atoms with Gasteiger partial charge in [0.05, 0.1) is 24.3 Å². The molecule has 0 bridgehead atoms. The van der Waals surface area contributed by atoms with E-state index in [0.29, 0.717) is 38.1 Å². The van der Waals surface area contributed by atoms with Crippen LogP contribution in [-0.4, -0.2) is 44.3 Å². The minimum atomic E-state index is -4.92. The van der Waals surface area contributed by atoms with E-state index < -0.39 is 35.5 Å². The zero-order chi connectivity index (χ0) is 25.7. The number of nitrogens with zero attached hydrogens (tertiary/aromatic N) is 1. The van der Waals surface area contributed by atoms with E-state index in [4.69, 9.17) is 9.47 Å². The standard InChI is InChI=1S/C24H26F6N2O3/c1-34-15-21(33)31-32-9-7-22(8-10-32,18-5-3-2-4-6-18)16-35-14-17-11-19(23(25,26)27)13-20(12-17)24(28,29)30/h2-6,11-13H,7-10,14-16H2,1H3,(H,31,33). The van der Waals surface area contributed by atoms with Crippen molar-refractivity contribution in [3.8, 4) is 0 Å². The maximum absolute atomic E-state index is 13.2. The van der Waals surface area contributed by atoms with Gasteiger partial charge in [-0.3, -0.25) is 10.2 Å². The Morgan fingerprint density at radius 1 is 0.971 bits per heavy atom. The maximum atomic E-state index is 13.2. The van der Waals surface area contributed by atoms with Crippen molar-refractivity contribution in [1.82, 2.24) is 10.4 Å². The molecular formula is C24H26F6N2O3. The van der Waals surface area contributed by atoms with E-state index in [1.54, 1.807) is 5.01 Å². The van der Waals surface area contributed by atoms with Gasteiger partial charge in [-0.1, -0.05) is 30.3 Å². The molecule has 0 atom stereocenters. The van der Waals surface area contributed by atoms with Crippen molar-refractivity contribution >= 4 is 5.91 Å². The van der Waals surface area contributed by atoms with Crippen LogP contribution in [-0.2, 0) is 38.6 Å². The summed E-state index contributed by atoms with van der Waals surface area (Å²) in [6.07, 6.45) is -8.72. The van der Waals surface area contributed by atoms with Crippen LogP contribution in [0.4, 0.5) is 26.3 Å². The average Bonchev–Trinajstić information content (AvgIpc) is 2.80. The van der Waals surface area contributed by atoms with Gasteiger partial charge < -0.3 is 9.47 Å². The number of carbonyl (C=O) groups is 1. The van der Waals surface area contributed by atoms with Crippen LogP contribution in [0.15, 0.2) is 48.5 Å². The number of carbonyl (C=O) groups excluding carboxylic acids is 1. The number of hydrogen-bond acceptors (Lipinski definition) is 4. The van der Waals surface area contributed by atoms with Gasteiger partial charge in [-0.05, 0) is 42.2 Å². The lowest BCUT2D eigenvalue weighted by Gasteiger charge is -2.42. The topological polar surface area (TPSA) is 50.8 Å². The van der Waals surface area contributed by atoms with E-state index in [-0.39, 0.29) is 30.8 Å². The predicted molar refractivity (Wildman–Crippen MR) is 115 cm³/mol. The molecule has 0 spiro atoms. The van der Waals surface area contributed by atoms with Crippen LogP contribution >= 0.6 is 0 Å². The first-order valence-electron chi connectivity index (χ1n) is 10.9. The molecule has 2 aromatic carbocycles. The summed E-state index contributed by atoms with van der Waals surface area (Å²) >= 11 is 0. The lowest BCUT2D eigenvalue weighted by atomic mass is 9.73. The summed E-state index contributed by atoms with van der Waals surface area (Å²) in [7, 11) is 1.41. The Bertz CT molecular complexity index is 955. The molecule has 1 aliphatic heterocycles. The first-order chi connectivity index (χ1) is 16.4. The first kappa shape index (κ1) is 27.0. The lowest BCUT2D eigenvalue weighted by molar-refractivity contribution is -0.143. The molecule has 0 radical (unpaired) electrons. The number of ether oxygens (including phenoxy) is 2. The number of hydrazine groups is 1. The van der Waals surface area contributed by atoms with Crippen molar-refractivity contribution < 1.29 is 40.6 Å². The van der Waals surface area contributed by atoms with Crippen LogP contribution in [0, 0.1) is 0 Å². The second-order valence-corrected chi connectivity index (χ2v) is 8.51. The molecule has 1 amide bonds. The van der Waals surface area contributed by atoms with Gasteiger partial charge in [0.1, 0.15) is 6.61 Å². The van der Waals surface area contributed by atoms with Gasteiger partial charge in [0.2, 0.25) is 0 Å². The highest BCUT2D eigenvalue weighted by molar-refractivity contribution is 5.76. The fraction of sp³-hybridized carbons (Fsp3) is 0.458. The normalized spacial score (nSPS) is 16.8. The third-order valence-corrected chi connectivity index (χ3v) is 5.96. The zero-order valence-corrected chi connectivity index (χ0v) is 19.0. The van der Waals surface area contributed by atoms with Crippen molar-refractivity contribution in [1.29, 1.82) is 0 Å². The van der Waals surface area contributed by atoms with E-state index in [0.717, 1.165) is 5.56 Å². The monoisotopic (exact) mass is 504 g/mol. The van der Waals surface area contributed by atoms with Crippen molar-refractivity contribution in [3.63, 3.8) is 0 Å². The largest absolute Gasteiger partial charge is 0.416 e. The van der Waals surface area contributed by atoms with Gasteiger partial charge in [0.15, 0.2) is 0 Å². The Hall–Kier alpha value is -2.63. The Kier molecular flexibility index (Phi) is 8.45. The Balaban J connectivity index is 1.75. The number of hydrogen-bond donors (Lipinski definition) is 1. The van der Waals surface area contributed by atoms with Gasteiger partial charge in [0.25, 0.3) is 5.91 Å². The molecule has 1 N–H and O–H groups in total. The van der Waals surface area contributed by atoms with Gasteiger partial charge in [-0.25, -0.2) is 5.01 Å². The number of nitrogens with one attached hydrogen (secondary N) is 1. The molecule has 1 aliphatic rings. The summed E-state index contributed by atoms with van der Waals surface area (Å²) in [6.45, 7) is 0.565. The van der Waals surface area contributed by atoms with Gasteiger partial charge in [-0.2, -0.15) is 26.3 Å². The SMILES string of the molecule is COCC(=O)NN1CCC(COCc2cc(C(F)(F)F)cc(C(F)(F)F)c2)(c2ccccc2)CC1. The minimum absolute atomic E-state index is 0.0830. The number of methoxy groups -OCH3 is 1. The molecule has 0 aliphatic carbocycles. The van der Waals surface area contributed by atoms with E-state index in [1.165, 1.54) is 7.11 Å². The minimum Gasteiger partial charge on any atom is -0.376 e. The number of benzene rings is 2. The smallest absolute Gasteiger partial charge is 0.376 e. The van der Waals surface area contributed by atoms with Crippen LogP contribution < -0.4 is 5.43 Å². The van der Waals surface area contributed by atoms with Crippen molar-refractivity contribution in [2.24, 2.45) is 0 Å². The molecule has 5 nitrogen and oxygen atoms in total. The number of halogens is 6. The van der Waals surface area contributed by atoms with E-state index in [9.17, 15) is 31.1 Å². The van der Waals surface area contributed by atoms with Crippen LogP contribution in [0.2, 0.25) is 0 Å². The molecule has 1 fully saturated rings. The number of amides is 1. The fourth-order valence-corrected chi connectivity index (χ4v) is 4.16. The summed E-state index contributed by atoms with van der Waals surface area (Å²) in [5.41, 5.74) is 0.227. The molecule has 11 heteroatoms. The average molecular weight is 504 g/mol. The van der Waals surface area contributed by atoms with Crippen LogP contribution in [0.1, 0.15) is 35.1 Å². The second kappa shape index (κ2) is 11.0. The third kappa shape index (κ3) is 7.18. The first-order valence-corrected chi connectivity index (χ1v) is 10.9. The predicted octanol–water partition coefficient (Wildman–Crippen LogP) is 4.95. The molecule has 192 valence electrons. The van der Waals surface area contributed by atoms with Gasteiger partial charge in [-0.15, -0.1) is 0 Å². The molecule has 3 rings (SSSR count). The summed E-state index contributed by atoms with van der Waals surface area (Å²) in [5, 5.41) is 1.75. The van der Waals surface area contributed by atoms with Crippen LogP contribution in [0.3, 0.4) is 0 Å². The Morgan fingerprint density at radius 2 is 1.54 bits per heavy atom. The van der Waals surface area contributed by atoms with Crippen molar-refractivity contribution in [3.05, 3.63) is 70.8 Å².